The highest BCUT2D eigenvalue weighted by Crippen LogP contribution is 2.44. The van der Waals surface area contributed by atoms with Gasteiger partial charge in [0, 0.05) is 42.3 Å². The molecule has 0 bridgehead atoms. The third-order valence-electron chi connectivity index (χ3n) is 7.03. The SMILES string of the molecule is COC(=O)C1=C(O)C(C)(Cc2ccc(Cl)cc2)Nc2c1ccc1c2CN(Cc2ccccc2)CC1. The monoisotopic (exact) mass is 488 g/mol. The Kier molecular flexibility index (Phi) is 6.30. The van der Waals surface area contributed by atoms with Gasteiger partial charge in [-0.1, -0.05) is 66.2 Å². The zero-order valence-electron chi connectivity index (χ0n) is 20.0. The molecule has 0 amide bonds. The molecule has 1 atom stereocenters. The van der Waals surface area contributed by atoms with Gasteiger partial charge in [0.15, 0.2) is 0 Å². The third kappa shape index (κ3) is 4.54. The van der Waals surface area contributed by atoms with Crippen LogP contribution in [0.1, 0.15) is 34.7 Å². The van der Waals surface area contributed by atoms with Crippen LogP contribution in [-0.2, 0) is 35.5 Å². The highest BCUT2D eigenvalue weighted by molar-refractivity contribution is 6.30. The maximum atomic E-state index is 12.9. The summed E-state index contributed by atoms with van der Waals surface area (Å²) in [5.41, 5.74) is 5.62. The van der Waals surface area contributed by atoms with E-state index in [-0.39, 0.29) is 11.3 Å². The first-order chi connectivity index (χ1) is 16.9. The second-order valence-electron chi connectivity index (χ2n) is 9.55. The number of anilines is 1. The Morgan fingerprint density at radius 3 is 2.54 bits per heavy atom. The minimum absolute atomic E-state index is 0.0105. The van der Waals surface area contributed by atoms with Crippen LogP contribution in [0.5, 0.6) is 0 Å². The van der Waals surface area contributed by atoms with E-state index in [1.165, 1.54) is 23.8 Å². The predicted molar refractivity (Wildman–Crippen MR) is 139 cm³/mol. The molecule has 3 aromatic carbocycles. The number of carbonyl (C=O) groups excluding carboxylic acids is 1. The fraction of sp³-hybridized carbons (Fsp3) is 0.276. The van der Waals surface area contributed by atoms with Crippen molar-refractivity contribution in [3.8, 4) is 0 Å². The maximum Gasteiger partial charge on any atom is 0.342 e. The Balaban J connectivity index is 1.55. The number of methoxy groups -OCH3 is 1. The number of carbonyl (C=O) groups is 1. The average Bonchev–Trinajstić information content (AvgIpc) is 2.86. The summed E-state index contributed by atoms with van der Waals surface area (Å²) < 4.78 is 5.11. The second-order valence-corrected chi connectivity index (χ2v) is 9.98. The number of fused-ring (bicyclic) bond motifs is 3. The Hall–Kier alpha value is -3.28. The smallest absolute Gasteiger partial charge is 0.342 e. The van der Waals surface area contributed by atoms with E-state index >= 15 is 0 Å². The summed E-state index contributed by atoms with van der Waals surface area (Å²) >= 11 is 6.08. The lowest BCUT2D eigenvalue weighted by molar-refractivity contribution is -0.133. The van der Waals surface area contributed by atoms with Crippen molar-refractivity contribution in [3.05, 3.63) is 105 Å². The first kappa shape index (κ1) is 23.5. The van der Waals surface area contributed by atoms with Crippen LogP contribution in [0.2, 0.25) is 5.02 Å². The lowest BCUT2D eigenvalue weighted by atomic mass is 9.80. The first-order valence-electron chi connectivity index (χ1n) is 11.8. The van der Waals surface area contributed by atoms with Crippen molar-refractivity contribution in [2.75, 3.05) is 19.0 Å². The summed E-state index contributed by atoms with van der Waals surface area (Å²) in [7, 11) is 1.35. The number of rotatable bonds is 5. The number of aliphatic hydroxyl groups excluding tert-OH is 1. The van der Waals surface area contributed by atoms with Crippen molar-refractivity contribution < 1.29 is 14.6 Å². The van der Waals surface area contributed by atoms with Crippen LogP contribution in [0.3, 0.4) is 0 Å². The molecule has 0 fully saturated rings. The molecule has 0 spiro atoms. The number of esters is 1. The molecular formula is C29H29ClN2O3. The molecule has 180 valence electrons. The Morgan fingerprint density at radius 1 is 1.09 bits per heavy atom. The third-order valence-corrected chi connectivity index (χ3v) is 7.28. The van der Waals surface area contributed by atoms with Crippen LogP contribution in [0.4, 0.5) is 5.69 Å². The topological polar surface area (TPSA) is 61.8 Å². The van der Waals surface area contributed by atoms with E-state index in [9.17, 15) is 9.90 Å². The summed E-state index contributed by atoms with van der Waals surface area (Å²) in [6.45, 7) is 4.50. The largest absolute Gasteiger partial charge is 0.509 e. The summed E-state index contributed by atoms with van der Waals surface area (Å²) in [5.74, 6) is -0.548. The molecule has 35 heavy (non-hydrogen) atoms. The van der Waals surface area contributed by atoms with E-state index in [1.807, 2.05) is 43.3 Å². The molecule has 1 unspecified atom stereocenters. The van der Waals surface area contributed by atoms with E-state index < -0.39 is 11.5 Å². The zero-order valence-corrected chi connectivity index (χ0v) is 20.7. The second kappa shape index (κ2) is 9.40. The van der Waals surface area contributed by atoms with Gasteiger partial charge in [-0.3, -0.25) is 4.90 Å². The van der Waals surface area contributed by atoms with Gasteiger partial charge in [-0.2, -0.15) is 0 Å². The van der Waals surface area contributed by atoms with Crippen LogP contribution in [0, 0.1) is 0 Å². The number of hydrogen-bond donors (Lipinski definition) is 2. The van der Waals surface area contributed by atoms with Crippen LogP contribution in [0.15, 0.2) is 72.5 Å². The van der Waals surface area contributed by atoms with Gasteiger partial charge in [-0.25, -0.2) is 4.79 Å². The van der Waals surface area contributed by atoms with Gasteiger partial charge in [-0.05, 0) is 47.7 Å². The summed E-state index contributed by atoms with van der Waals surface area (Å²) in [4.78, 5) is 15.3. The van der Waals surface area contributed by atoms with E-state index in [0.717, 1.165) is 37.3 Å². The highest BCUT2D eigenvalue weighted by atomic mass is 35.5. The lowest BCUT2D eigenvalue weighted by Gasteiger charge is -2.40. The minimum Gasteiger partial charge on any atom is -0.509 e. The van der Waals surface area contributed by atoms with Gasteiger partial charge in [-0.15, -0.1) is 0 Å². The fourth-order valence-corrected chi connectivity index (χ4v) is 5.33. The maximum absolute atomic E-state index is 12.9. The van der Waals surface area contributed by atoms with Crippen molar-refractivity contribution in [2.45, 2.75) is 38.4 Å². The summed E-state index contributed by atoms with van der Waals surface area (Å²) in [6.07, 6.45) is 1.40. The van der Waals surface area contributed by atoms with Gasteiger partial charge in [0.25, 0.3) is 0 Å². The van der Waals surface area contributed by atoms with Crippen molar-refractivity contribution >= 4 is 28.8 Å². The van der Waals surface area contributed by atoms with Crippen molar-refractivity contribution in [2.24, 2.45) is 0 Å². The normalized spacial score (nSPS) is 19.5. The van der Waals surface area contributed by atoms with Crippen molar-refractivity contribution in [1.29, 1.82) is 0 Å². The summed E-state index contributed by atoms with van der Waals surface area (Å²) in [6, 6.07) is 22.0. The predicted octanol–water partition coefficient (Wildman–Crippen LogP) is 5.77. The number of hydrogen-bond acceptors (Lipinski definition) is 5. The molecule has 5 rings (SSSR count). The van der Waals surface area contributed by atoms with E-state index in [2.05, 4.69) is 40.5 Å². The minimum atomic E-state index is -0.888. The number of benzene rings is 3. The molecule has 0 radical (unpaired) electrons. The number of nitrogens with zero attached hydrogens (tertiary/aromatic N) is 1. The molecule has 2 N–H and O–H groups in total. The van der Waals surface area contributed by atoms with E-state index in [1.54, 1.807) is 0 Å². The van der Waals surface area contributed by atoms with Gasteiger partial charge >= 0.3 is 5.97 Å². The molecule has 0 aliphatic carbocycles. The molecule has 5 nitrogen and oxygen atoms in total. The Morgan fingerprint density at radius 2 is 1.83 bits per heavy atom. The van der Waals surface area contributed by atoms with Crippen LogP contribution in [0.25, 0.3) is 5.57 Å². The van der Waals surface area contributed by atoms with Crippen LogP contribution < -0.4 is 5.32 Å². The molecule has 0 saturated carbocycles. The number of nitrogens with one attached hydrogen (secondary N) is 1. The molecule has 0 aromatic heterocycles. The van der Waals surface area contributed by atoms with Crippen LogP contribution in [-0.4, -0.2) is 35.2 Å². The molecule has 3 aromatic rings. The van der Waals surface area contributed by atoms with Crippen molar-refractivity contribution in [3.63, 3.8) is 0 Å². The molecule has 2 heterocycles. The lowest BCUT2D eigenvalue weighted by Crippen LogP contribution is -2.44. The van der Waals surface area contributed by atoms with Crippen LogP contribution >= 0.6 is 11.6 Å². The number of aliphatic hydroxyl groups is 1. The Bertz CT molecular complexity index is 1290. The Labute approximate surface area is 211 Å². The molecular weight excluding hydrogens is 460 g/mol. The molecule has 0 saturated heterocycles. The average molecular weight is 489 g/mol. The number of ether oxygens (including phenoxy) is 1. The molecule has 6 heteroatoms. The highest BCUT2D eigenvalue weighted by Gasteiger charge is 2.41. The standard InChI is InChI=1S/C29H29ClN2O3/c1-29(16-19-8-11-22(30)12-9-19)27(33)25(28(34)35-2)23-13-10-21-14-15-32(18-24(21)26(23)31-29)17-20-6-4-3-5-7-20/h3-13,31,33H,14-18H2,1-2H3. The summed E-state index contributed by atoms with van der Waals surface area (Å²) in [5, 5.41) is 15.7. The first-order valence-corrected chi connectivity index (χ1v) is 12.2. The van der Waals surface area contributed by atoms with Gasteiger partial charge in [0.1, 0.15) is 11.3 Å². The van der Waals surface area contributed by atoms with Gasteiger partial charge in [0.2, 0.25) is 0 Å². The van der Waals surface area contributed by atoms with E-state index in [4.69, 9.17) is 16.3 Å². The molecule has 2 aliphatic heterocycles. The zero-order chi connectivity index (χ0) is 24.6. The fourth-order valence-electron chi connectivity index (χ4n) is 5.20. The van der Waals surface area contributed by atoms with Gasteiger partial charge in [0.05, 0.1) is 12.6 Å². The van der Waals surface area contributed by atoms with Crippen molar-refractivity contribution in [1.82, 2.24) is 4.90 Å². The van der Waals surface area contributed by atoms with E-state index in [0.29, 0.717) is 17.0 Å². The number of halogens is 1. The quantitative estimate of drug-likeness (QED) is 0.446. The molecule has 2 aliphatic rings. The van der Waals surface area contributed by atoms with Gasteiger partial charge < -0.3 is 15.2 Å².